The van der Waals surface area contributed by atoms with Gasteiger partial charge < -0.3 is 5.32 Å². The number of nitrogens with two attached hydrogens (primary N) is 1. The van der Waals surface area contributed by atoms with E-state index in [-0.39, 0.29) is 4.90 Å². The van der Waals surface area contributed by atoms with Gasteiger partial charge in [0.2, 0.25) is 10.0 Å². The van der Waals surface area contributed by atoms with Gasteiger partial charge >= 0.3 is 0 Å². The summed E-state index contributed by atoms with van der Waals surface area (Å²) in [5.74, 6) is 0.599. The minimum atomic E-state index is -3.62. The molecular formula is C6H9N3O2S. The van der Waals surface area contributed by atoms with E-state index < -0.39 is 10.0 Å². The summed E-state index contributed by atoms with van der Waals surface area (Å²) in [6.07, 6.45) is 1.21. The van der Waals surface area contributed by atoms with Crippen molar-refractivity contribution in [2.75, 3.05) is 12.4 Å². The van der Waals surface area contributed by atoms with Crippen molar-refractivity contribution in [1.29, 1.82) is 0 Å². The maximum atomic E-state index is 10.7. The van der Waals surface area contributed by atoms with Gasteiger partial charge in [-0.1, -0.05) is 0 Å². The number of nitrogens with one attached hydrogen (secondary N) is 1. The van der Waals surface area contributed by atoms with E-state index in [1.807, 2.05) is 0 Å². The largest absolute Gasteiger partial charge is 0.373 e. The number of primary sulfonamides is 1. The highest BCUT2D eigenvalue weighted by molar-refractivity contribution is 7.89. The second-order valence-corrected chi connectivity index (χ2v) is 3.74. The third kappa shape index (κ3) is 1.93. The first kappa shape index (κ1) is 8.95. The van der Waals surface area contributed by atoms with Crippen LogP contribution in [0.25, 0.3) is 0 Å². The van der Waals surface area contributed by atoms with Crippen molar-refractivity contribution >= 4 is 15.8 Å². The Kier molecular flexibility index (Phi) is 2.30. The normalized spacial score (nSPS) is 11.2. The number of pyridine rings is 1. The highest BCUT2D eigenvalue weighted by atomic mass is 32.2. The highest BCUT2D eigenvalue weighted by Crippen LogP contribution is 2.07. The lowest BCUT2D eigenvalue weighted by atomic mass is 10.5. The number of nitrogens with zero attached hydrogens (tertiary/aromatic N) is 1. The molecule has 0 aliphatic carbocycles. The predicted octanol–water partition coefficient (Wildman–Crippen LogP) is -0.229. The minimum absolute atomic E-state index is 0.0153. The molecule has 0 saturated carbocycles. The summed E-state index contributed by atoms with van der Waals surface area (Å²) >= 11 is 0. The topological polar surface area (TPSA) is 85.1 Å². The first-order valence-electron chi connectivity index (χ1n) is 3.20. The van der Waals surface area contributed by atoms with E-state index in [9.17, 15) is 8.42 Å². The number of rotatable bonds is 2. The zero-order chi connectivity index (χ0) is 9.19. The van der Waals surface area contributed by atoms with E-state index in [1.165, 1.54) is 12.3 Å². The van der Waals surface area contributed by atoms with Crippen LogP contribution in [-0.4, -0.2) is 20.4 Å². The van der Waals surface area contributed by atoms with Gasteiger partial charge in [-0.2, -0.15) is 0 Å². The molecule has 0 fully saturated rings. The van der Waals surface area contributed by atoms with Gasteiger partial charge in [0.15, 0.2) is 0 Å². The SMILES string of the molecule is CNc1ccc(S(N)(=O)=O)cn1. The predicted molar refractivity (Wildman–Crippen MR) is 45.2 cm³/mol. The Labute approximate surface area is 70.7 Å². The van der Waals surface area contributed by atoms with Gasteiger partial charge in [-0.05, 0) is 12.1 Å². The van der Waals surface area contributed by atoms with Gasteiger partial charge in [0.1, 0.15) is 10.7 Å². The first-order chi connectivity index (χ1) is 5.54. The van der Waals surface area contributed by atoms with Crippen LogP contribution in [0.5, 0.6) is 0 Å². The van der Waals surface area contributed by atoms with E-state index in [0.29, 0.717) is 5.82 Å². The lowest BCUT2D eigenvalue weighted by Crippen LogP contribution is -2.12. The van der Waals surface area contributed by atoms with Gasteiger partial charge in [0.05, 0.1) is 0 Å². The average Bonchev–Trinajstić information content (AvgIpc) is 2.03. The van der Waals surface area contributed by atoms with Crippen LogP contribution in [0.1, 0.15) is 0 Å². The van der Waals surface area contributed by atoms with Gasteiger partial charge in [-0.15, -0.1) is 0 Å². The van der Waals surface area contributed by atoms with Crippen molar-refractivity contribution in [3.63, 3.8) is 0 Å². The fourth-order valence-electron chi connectivity index (χ4n) is 0.696. The minimum Gasteiger partial charge on any atom is -0.373 e. The van der Waals surface area contributed by atoms with Gasteiger partial charge in [0, 0.05) is 13.2 Å². The summed E-state index contributed by atoms with van der Waals surface area (Å²) in [4.78, 5) is 3.81. The average molecular weight is 187 g/mol. The molecule has 3 N–H and O–H groups in total. The van der Waals surface area contributed by atoms with Crippen LogP contribution in [0, 0.1) is 0 Å². The van der Waals surface area contributed by atoms with Crippen LogP contribution in [0.15, 0.2) is 23.2 Å². The summed E-state index contributed by atoms with van der Waals surface area (Å²) in [5.41, 5.74) is 0. The van der Waals surface area contributed by atoms with Gasteiger partial charge in [0.25, 0.3) is 0 Å². The molecule has 0 aromatic carbocycles. The molecule has 0 radical (unpaired) electrons. The molecule has 0 saturated heterocycles. The molecule has 12 heavy (non-hydrogen) atoms. The summed E-state index contributed by atoms with van der Waals surface area (Å²) in [6, 6.07) is 2.94. The second-order valence-electron chi connectivity index (χ2n) is 2.17. The molecule has 5 nitrogen and oxygen atoms in total. The number of anilines is 1. The number of hydrogen-bond donors (Lipinski definition) is 2. The van der Waals surface area contributed by atoms with E-state index in [4.69, 9.17) is 5.14 Å². The smallest absolute Gasteiger partial charge is 0.239 e. The molecule has 6 heteroatoms. The molecule has 0 aliphatic rings. The van der Waals surface area contributed by atoms with Crippen LogP contribution < -0.4 is 10.5 Å². The molecule has 1 heterocycles. The molecule has 0 atom stereocenters. The van der Waals surface area contributed by atoms with Crippen LogP contribution in [0.3, 0.4) is 0 Å². The maximum Gasteiger partial charge on any atom is 0.239 e. The Morgan fingerprint density at radius 1 is 1.50 bits per heavy atom. The maximum absolute atomic E-state index is 10.7. The molecule has 0 bridgehead atoms. The molecule has 1 rings (SSSR count). The molecule has 0 spiro atoms. The zero-order valence-corrected chi connectivity index (χ0v) is 7.30. The lowest BCUT2D eigenvalue weighted by molar-refractivity contribution is 0.597. The standard InChI is InChI=1S/C6H9N3O2S/c1-8-6-3-2-5(4-9-6)12(7,10)11/h2-4H,1H3,(H,8,9)(H2,7,10,11). The molecule has 0 unspecified atom stereocenters. The highest BCUT2D eigenvalue weighted by Gasteiger charge is 2.06. The Bertz CT molecular complexity index is 357. The molecule has 1 aromatic heterocycles. The van der Waals surface area contributed by atoms with Crippen LogP contribution in [0.4, 0.5) is 5.82 Å². The Morgan fingerprint density at radius 3 is 2.50 bits per heavy atom. The number of sulfonamides is 1. The fraction of sp³-hybridized carbons (Fsp3) is 0.167. The van der Waals surface area contributed by atoms with Crippen LogP contribution >= 0.6 is 0 Å². The molecule has 66 valence electrons. The van der Waals surface area contributed by atoms with E-state index >= 15 is 0 Å². The lowest BCUT2D eigenvalue weighted by Gasteiger charge is -1.99. The van der Waals surface area contributed by atoms with Gasteiger partial charge in [-0.25, -0.2) is 18.5 Å². The van der Waals surface area contributed by atoms with E-state index in [0.717, 1.165) is 0 Å². The molecular weight excluding hydrogens is 178 g/mol. The van der Waals surface area contributed by atoms with Crippen molar-refractivity contribution in [3.05, 3.63) is 18.3 Å². The number of aromatic nitrogens is 1. The van der Waals surface area contributed by atoms with Crippen LogP contribution in [0.2, 0.25) is 0 Å². The molecule has 0 amide bonds. The third-order valence-electron chi connectivity index (χ3n) is 1.32. The van der Waals surface area contributed by atoms with Crippen molar-refractivity contribution in [3.8, 4) is 0 Å². The molecule has 1 aromatic rings. The first-order valence-corrected chi connectivity index (χ1v) is 4.75. The van der Waals surface area contributed by atoms with Crippen molar-refractivity contribution in [2.45, 2.75) is 4.90 Å². The van der Waals surface area contributed by atoms with Crippen molar-refractivity contribution in [1.82, 2.24) is 4.98 Å². The second kappa shape index (κ2) is 3.08. The van der Waals surface area contributed by atoms with Crippen molar-refractivity contribution in [2.24, 2.45) is 5.14 Å². The van der Waals surface area contributed by atoms with Gasteiger partial charge in [-0.3, -0.25) is 0 Å². The Hall–Kier alpha value is -1.14. The Balaban J connectivity index is 3.09. The number of hydrogen-bond acceptors (Lipinski definition) is 4. The molecule has 0 aliphatic heterocycles. The zero-order valence-electron chi connectivity index (χ0n) is 6.48. The summed E-state index contributed by atoms with van der Waals surface area (Å²) in [6.45, 7) is 0. The third-order valence-corrected chi connectivity index (χ3v) is 2.22. The summed E-state index contributed by atoms with van der Waals surface area (Å²) in [7, 11) is -1.92. The Morgan fingerprint density at radius 2 is 2.17 bits per heavy atom. The quantitative estimate of drug-likeness (QED) is 0.669. The summed E-state index contributed by atoms with van der Waals surface area (Å²) in [5, 5.41) is 7.62. The van der Waals surface area contributed by atoms with E-state index in [1.54, 1.807) is 13.1 Å². The summed E-state index contributed by atoms with van der Waals surface area (Å²) < 4.78 is 21.5. The van der Waals surface area contributed by atoms with Crippen LogP contribution in [-0.2, 0) is 10.0 Å². The van der Waals surface area contributed by atoms with Crippen molar-refractivity contribution < 1.29 is 8.42 Å². The monoisotopic (exact) mass is 187 g/mol. The van der Waals surface area contributed by atoms with E-state index in [2.05, 4.69) is 10.3 Å². The fourth-order valence-corrected chi connectivity index (χ4v) is 1.15.